The van der Waals surface area contributed by atoms with E-state index in [2.05, 4.69) is 16.0 Å². The minimum atomic E-state index is -0.818. The van der Waals surface area contributed by atoms with E-state index in [9.17, 15) is 19.2 Å². The lowest BCUT2D eigenvalue weighted by Crippen LogP contribution is -2.34. The van der Waals surface area contributed by atoms with Crippen molar-refractivity contribution < 1.29 is 28.3 Å². The Balaban J connectivity index is 1.62. The highest BCUT2D eigenvalue weighted by Crippen LogP contribution is 2.25. The van der Waals surface area contributed by atoms with Gasteiger partial charge in [-0.25, -0.2) is 4.79 Å². The fraction of sp³-hybridized carbons (Fsp3) is 0.217. The maximum absolute atomic E-state index is 12.1. The molecule has 0 saturated carbocycles. The summed E-state index contributed by atoms with van der Waals surface area (Å²) in [4.78, 5) is 48.3. The van der Waals surface area contributed by atoms with E-state index in [1.54, 1.807) is 31.2 Å². The van der Waals surface area contributed by atoms with Gasteiger partial charge in [0.25, 0.3) is 5.91 Å². The lowest BCUT2D eigenvalue weighted by molar-refractivity contribution is -0.136. The second-order valence-corrected chi connectivity index (χ2v) is 7.24. The molecule has 1 aromatic heterocycles. The molecule has 0 saturated heterocycles. The van der Waals surface area contributed by atoms with Crippen LogP contribution in [0.5, 0.6) is 0 Å². The molecule has 1 aliphatic rings. The number of allylic oxidation sites excluding steroid dienone is 1. The molecular formula is C23H23N3O6. The van der Waals surface area contributed by atoms with Gasteiger partial charge in [-0.15, -0.1) is 0 Å². The SMILES string of the molecule is COC(=O)C1=C(C)NC(=O)C1=Cc1ccc(CNC(=O)C(=O)Nc2ccc(C)c(C)c2)o1. The Bertz CT molecular complexity index is 1170. The monoisotopic (exact) mass is 437 g/mol. The number of methoxy groups -OCH3 is 1. The Kier molecular flexibility index (Phi) is 6.58. The van der Waals surface area contributed by atoms with E-state index in [0.717, 1.165) is 11.1 Å². The van der Waals surface area contributed by atoms with Gasteiger partial charge in [-0.1, -0.05) is 6.07 Å². The molecule has 0 fully saturated rings. The number of furan rings is 1. The van der Waals surface area contributed by atoms with Crippen molar-refractivity contribution in [1.29, 1.82) is 0 Å². The molecule has 0 aliphatic carbocycles. The van der Waals surface area contributed by atoms with Gasteiger partial charge < -0.3 is 25.1 Å². The first-order valence-corrected chi connectivity index (χ1v) is 9.77. The molecule has 1 aliphatic heterocycles. The number of anilines is 1. The van der Waals surface area contributed by atoms with Crippen LogP contribution in [0.4, 0.5) is 5.69 Å². The maximum atomic E-state index is 12.1. The zero-order chi connectivity index (χ0) is 23.4. The third-order valence-corrected chi connectivity index (χ3v) is 4.94. The first-order valence-electron chi connectivity index (χ1n) is 9.77. The first-order chi connectivity index (χ1) is 15.2. The highest BCUT2D eigenvalue weighted by atomic mass is 16.5. The summed E-state index contributed by atoms with van der Waals surface area (Å²) in [5.41, 5.74) is 3.24. The second-order valence-electron chi connectivity index (χ2n) is 7.24. The third kappa shape index (κ3) is 4.94. The first kappa shape index (κ1) is 22.5. The molecule has 9 heteroatoms. The average Bonchev–Trinajstić information content (AvgIpc) is 3.32. The van der Waals surface area contributed by atoms with Crippen LogP contribution in [-0.4, -0.2) is 30.8 Å². The van der Waals surface area contributed by atoms with Crippen LogP contribution >= 0.6 is 0 Å². The molecule has 2 aromatic rings. The van der Waals surface area contributed by atoms with Crippen LogP contribution in [0.15, 0.2) is 51.6 Å². The number of nitrogens with one attached hydrogen (secondary N) is 3. The largest absolute Gasteiger partial charge is 0.465 e. The van der Waals surface area contributed by atoms with Crippen molar-refractivity contribution >= 4 is 35.5 Å². The molecule has 3 amide bonds. The number of carbonyl (C=O) groups is 4. The van der Waals surface area contributed by atoms with Gasteiger partial charge in [0.15, 0.2) is 0 Å². The number of hydrogen-bond donors (Lipinski definition) is 3. The maximum Gasteiger partial charge on any atom is 0.340 e. The molecule has 1 aromatic carbocycles. The molecule has 3 rings (SSSR count). The summed E-state index contributed by atoms with van der Waals surface area (Å²) < 4.78 is 10.3. The zero-order valence-electron chi connectivity index (χ0n) is 18.1. The number of aryl methyl sites for hydroxylation is 2. The van der Waals surface area contributed by atoms with Crippen LogP contribution in [0.25, 0.3) is 6.08 Å². The topological polar surface area (TPSA) is 127 Å². The summed E-state index contributed by atoms with van der Waals surface area (Å²) in [5, 5.41) is 7.59. The van der Waals surface area contributed by atoms with Gasteiger partial charge >= 0.3 is 17.8 Å². The van der Waals surface area contributed by atoms with Crippen LogP contribution in [-0.2, 0) is 30.5 Å². The fourth-order valence-corrected chi connectivity index (χ4v) is 3.08. The molecule has 0 spiro atoms. The van der Waals surface area contributed by atoms with E-state index in [-0.39, 0.29) is 17.7 Å². The van der Waals surface area contributed by atoms with E-state index in [0.29, 0.717) is 22.9 Å². The summed E-state index contributed by atoms with van der Waals surface area (Å²) >= 11 is 0. The number of hydrogen-bond acceptors (Lipinski definition) is 6. The molecule has 2 heterocycles. The van der Waals surface area contributed by atoms with Crippen LogP contribution in [0.1, 0.15) is 29.6 Å². The predicted octanol–water partition coefficient (Wildman–Crippen LogP) is 2.11. The van der Waals surface area contributed by atoms with Crippen molar-refractivity contribution in [3.05, 3.63) is 69.8 Å². The lowest BCUT2D eigenvalue weighted by atomic mass is 10.1. The Hall–Kier alpha value is -4.14. The zero-order valence-corrected chi connectivity index (χ0v) is 18.1. The molecular weight excluding hydrogens is 414 g/mol. The summed E-state index contributed by atoms with van der Waals surface area (Å²) in [6.07, 6.45) is 1.41. The smallest absolute Gasteiger partial charge is 0.340 e. The highest BCUT2D eigenvalue weighted by Gasteiger charge is 2.31. The number of benzene rings is 1. The normalized spacial score (nSPS) is 14.4. The van der Waals surface area contributed by atoms with E-state index in [4.69, 9.17) is 9.15 Å². The quantitative estimate of drug-likeness (QED) is 0.374. The summed E-state index contributed by atoms with van der Waals surface area (Å²) in [6.45, 7) is 5.42. The minimum absolute atomic E-state index is 0.0344. The summed E-state index contributed by atoms with van der Waals surface area (Å²) in [5.74, 6) is -2.04. The summed E-state index contributed by atoms with van der Waals surface area (Å²) in [6, 6.07) is 8.53. The molecule has 166 valence electrons. The second kappa shape index (κ2) is 9.34. The van der Waals surface area contributed by atoms with Crippen LogP contribution in [0.2, 0.25) is 0 Å². The number of rotatable bonds is 5. The van der Waals surface area contributed by atoms with E-state index < -0.39 is 23.7 Å². The standard InChI is InChI=1S/C23H23N3O6/c1-12-5-6-15(9-13(12)2)26-22(29)21(28)24-11-17-8-7-16(32-17)10-18-19(23(30)31-4)14(3)25-20(18)27/h5-10H,11H2,1-4H3,(H,24,28)(H,25,27)(H,26,29). The van der Waals surface area contributed by atoms with Crippen molar-refractivity contribution in [2.75, 3.05) is 12.4 Å². The van der Waals surface area contributed by atoms with Crippen molar-refractivity contribution in [3.8, 4) is 0 Å². The van der Waals surface area contributed by atoms with Crippen molar-refractivity contribution in [3.63, 3.8) is 0 Å². The Morgan fingerprint density at radius 3 is 2.50 bits per heavy atom. The summed E-state index contributed by atoms with van der Waals surface area (Å²) in [7, 11) is 1.23. The van der Waals surface area contributed by atoms with Crippen molar-refractivity contribution in [2.45, 2.75) is 27.3 Å². The van der Waals surface area contributed by atoms with Gasteiger partial charge in [0.1, 0.15) is 11.5 Å². The Morgan fingerprint density at radius 2 is 1.81 bits per heavy atom. The predicted molar refractivity (Wildman–Crippen MR) is 116 cm³/mol. The number of carbonyl (C=O) groups excluding carboxylic acids is 4. The number of amides is 3. The van der Waals surface area contributed by atoms with Crippen LogP contribution in [0, 0.1) is 13.8 Å². The number of esters is 1. The molecule has 0 bridgehead atoms. The Labute approximate surface area is 184 Å². The molecule has 0 radical (unpaired) electrons. The van der Waals surface area contributed by atoms with Crippen LogP contribution < -0.4 is 16.0 Å². The van der Waals surface area contributed by atoms with Gasteiger partial charge in [0.05, 0.1) is 24.8 Å². The Morgan fingerprint density at radius 1 is 1.06 bits per heavy atom. The molecule has 3 N–H and O–H groups in total. The average molecular weight is 437 g/mol. The van der Waals surface area contributed by atoms with E-state index >= 15 is 0 Å². The van der Waals surface area contributed by atoms with Crippen molar-refractivity contribution in [2.24, 2.45) is 0 Å². The number of ether oxygens (including phenoxy) is 1. The van der Waals surface area contributed by atoms with Crippen molar-refractivity contribution in [1.82, 2.24) is 10.6 Å². The fourth-order valence-electron chi connectivity index (χ4n) is 3.08. The van der Waals surface area contributed by atoms with Gasteiger partial charge in [0, 0.05) is 11.4 Å². The van der Waals surface area contributed by atoms with Gasteiger partial charge in [-0.05, 0) is 62.2 Å². The molecule has 0 unspecified atom stereocenters. The van der Waals surface area contributed by atoms with Gasteiger partial charge in [0.2, 0.25) is 0 Å². The van der Waals surface area contributed by atoms with Crippen LogP contribution in [0.3, 0.4) is 0 Å². The lowest BCUT2D eigenvalue weighted by Gasteiger charge is -2.07. The van der Waals surface area contributed by atoms with Gasteiger partial charge in [-0.2, -0.15) is 0 Å². The minimum Gasteiger partial charge on any atom is -0.465 e. The highest BCUT2D eigenvalue weighted by molar-refractivity contribution is 6.39. The third-order valence-electron chi connectivity index (χ3n) is 4.94. The molecule has 0 atom stereocenters. The van der Waals surface area contributed by atoms with Gasteiger partial charge in [-0.3, -0.25) is 14.4 Å². The molecule has 9 nitrogen and oxygen atoms in total. The molecule has 32 heavy (non-hydrogen) atoms. The van der Waals surface area contributed by atoms with E-state index in [1.807, 2.05) is 19.9 Å². The van der Waals surface area contributed by atoms with E-state index in [1.165, 1.54) is 13.2 Å².